The third-order valence-electron chi connectivity index (χ3n) is 3.67. The van der Waals surface area contributed by atoms with Crippen LogP contribution >= 0.6 is 15.9 Å². The monoisotopic (exact) mass is 407 g/mol. The molecular weight excluding hydrogens is 389 g/mol. The Bertz CT molecular complexity index is 805. The number of hydrogen-bond donors (Lipinski definition) is 1. The van der Waals surface area contributed by atoms with Crippen molar-refractivity contribution in [3.63, 3.8) is 0 Å². The molecule has 25 heavy (non-hydrogen) atoms. The Morgan fingerprint density at radius 2 is 1.96 bits per heavy atom. The van der Waals surface area contributed by atoms with Crippen LogP contribution in [0.15, 0.2) is 40.9 Å². The minimum atomic E-state index is -0.886. The van der Waals surface area contributed by atoms with Crippen LogP contribution in [0, 0.1) is 12.7 Å². The number of halogens is 2. The third-order valence-corrected chi connectivity index (χ3v) is 4.17. The van der Waals surface area contributed by atoms with Crippen molar-refractivity contribution in [3.8, 4) is 0 Å². The zero-order valence-corrected chi connectivity index (χ0v) is 15.8. The molecule has 0 aliphatic carbocycles. The molecule has 0 bridgehead atoms. The van der Waals surface area contributed by atoms with Crippen LogP contribution in [0.1, 0.15) is 41.3 Å². The van der Waals surface area contributed by atoms with E-state index in [0.717, 1.165) is 17.2 Å². The van der Waals surface area contributed by atoms with Crippen molar-refractivity contribution < 1.29 is 18.7 Å². The fourth-order valence-corrected chi connectivity index (χ4v) is 2.74. The molecule has 2 rings (SSSR count). The summed E-state index contributed by atoms with van der Waals surface area (Å²) in [4.78, 5) is 24.1. The van der Waals surface area contributed by atoms with Crippen LogP contribution in [0.3, 0.4) is 0 Å². The summed E-state index contributed by atoms with van der Waals surface area (Å²) in [5.74, 6) is -1.83. The van der Waals surface area contributed by atoms with E-state index < -0.39 is 24.3 Å². The van der Waals surface area contributed by atoms with Gasteiger partial charge in [-0.2, -0.15) is 0 Å². The summed E-state index contributed by atoms with van der Waals surface area (Å²) in [6.07, 6.45) is 0. The maximum Gasteiger partial charge on any atom is 0.341 e. The van der Waals surface area contributed by atoms with Crippen LogP contribution in [0.2, 0.25) is 0 Å². The molecule has 0 unspecified atom stereocenters. The molecule has 0 heterocycles. The Balaban J connectivity index is 2.04. The Morgan fingerprint density at radius 3 is 2.64 bits per heavy atom. The van der Waals surface area contributed by atoms with Gasteiger partial charge in [0.1, 0.15) is 5.82 Å². The highest BCUT2D eigenvalue weighted by Gasteiger charge is 2.17. The molecule has 0 saturated carbocycles. The average Bonchev–Trinajstić information content (AvgIpc) is 2.56. The number of anilines is 1. The highest BCUT2D eigenvalue weighted by molar-refractivity contribution is 9.10. The molecule has 1 N–H and O–H groups in total. The lowest BCUT2D eigenvalue weighted by atomic mass is 9.98. The molecule has 0 fully saturated rings. The van der Waals surface area contributed by atoms with E-state index in [-0.39, 0.29) is 11.5 Å². The minimum Gasteiger partial charge on any atom is -0.452 e. The van der Waals surface area contributed by atoms with Crippen molar-refractivity contribution in [2.24, 2.45) is 0 Å². The van der Waals surface area contributed by atoms with E-state index in [9.17, 15) is 14.0 Å². The second-order valence-corrected chi connectivity index (χ2v) is 6.86. The number of ether oxygens (including phenoxy) is 1. The van der Waals surface area contributed by atoms with Gasteiger partial charge in [-0.05, 0) is 42.2 Å². The quantitative estimate of drug-likeness (QED) is 0.723. The van der Waals surface area contributed by atoms with Crippen LogP contribution < -0.4 is 5.32 Å². The molecule has 0 radical (unpaired) electrons. The molecule has 6 heteroatoms. The van der Waals surface area contributed by atoms with E-state index in [2.05, 4.69) is 21.2 Å². The van der Waals surface area contributed by atoms with E-state index in [1.165, 1.54) is 12.1 Å². The van der Waals surface area contributed by atoms with Crippen molar-refractivity contribution in [1.29, 1.82) is 0 Å². The van der Waals surface area contributed by atoms with Crippen molar-refractivity contribution >= 4 is 33.5 Å². The number of nitrogens with one attached hydrogen (secondary N) is 1. The zero-order chi connectivity index (χ0) is 18.6. The number of esters is 1. The van der Waals surface area contributed by atoms with Gasteiger partial charge in [0.2, 0.25) is 0 Å². The van der Waals surface area contributed by atoms with E-state index in [4.69, 9.17) is 4.74 Å². The highest BCUT2D eigenvalue weighted by Crippen LogP contribution is 2.27. The van der Waals surface area contributed by atoms with Crippen molar-refractivity contribution in [1.82, 2.24) is 0 Å². The third kappa shape index (κ3) is 4.89. The molecule has 0 spiro atoms. The van der Waals surface area contributed by atoms with E-state index >= 15 is 0 Å². The fraction of sp³-hybridized carbons (Fsp3) is 0.263. The van der Waals surface area contributed by atoms with E-state index in [1.807, 2.05) is 39.0 Å². The minimum absolute atomic E-state index is 0.221. The van der Waals surface area contributed by atoms with Crippen molar-refractivity contribution in [2.75, 3.05) is 11.9 Å². The number of aryl methyl sites for hydroxylation is 1. The van der Waals surface area contributed by atoms with Crippen LogP contribution in [-0.2, 0) is 9.53 Å². The topological polar surface area (TPSA) is 55.4 Å². The second kappa shape index (κ2) is 8.25. The fourth-order valence-electron chi connectivity index (χ4n) is 2.38. The number of benzene rings is 2. The van der Waals surface area contributed by atoms with E-state index in [0.29, 0.717) is 10.2 Å². The Kier molecular flexibility index (Phi) is 6.31. The van der Waals surface area contributed by atoms with Gasteiger partial charge in [0.15, 0.2) is 6.61 Å². The van der Waals surface area contributed by atoms with Gasteiger partial charge in [0.05, 0.1) is 5.56 Å². The number of para-hydroxylation sites is 1. The molecule has 4 nitrogen and oxygen atoms in total. The summed E-state index contributed by atoms with van der Waals surface area (Å²) in [6.45, 7) is 5.46. The lowest BCUT2D eigenvalue weighted by Gasteiger charge is -2.16. The van der Waals surface area contributed by atoms with Crippen molar-refractivity contribution in [3.05, 3.63) is 63.4 Å². The maximum absolute atomic E-state index is 13.7. The molecule has 0 aliphatic rings. The molecular formula is C19H19BrFNO3. The predicted molar refractivity (Wildman–Crippen MR) is 98.3 cm³/mol. The second-order valence-electron chi connectivity index (χ2n) is 5.94. The number of carbonyl (C=O) groups excluding carboxylic acids is 2. The van der Waals surface area contributed by atoms with Gasteiger partial charge in [-0.15, -0.1) is 0 Å². The molecule has 0 saturated heterocycles. The van der Waals surface area contributed by atoms with Gasteiger partial charge in [-0.25, -0.2) is 9.18 Å². The van der Waals surface area contributed by atoms with Gasteiger partial charge in [-0.3, -0.25) is 4.79 Å². The number of rotatable bonds is 5. The van der Waals surface area contributed by atoms with Crippen molar-refractivity contribution in [2.45, 2.75) is 26.7 Å². The number of carbonyl (C=O) groups is 2. The molecule has 0 aromatic heterocycles. The summed E-state index contributed by atoms with van der Waals surface area (Å²) in [5, 5.41) is 2.77. The summed E-state index contributed by atoms with van der Waals surface area (Å²) in [7, 11) is 0. The molecule has 2 aromatic rings. The average molecular weight is 408 g/mol. The molecule has 0 atom stereocenters. The molecule has 2 aromatic carbocycles. The van der Waals surface area contributed by atoms with Gasteiger partial charge in [-0.1, -0.05) is 48.0 Å². The summed E-state index contributed by atoms with van der Waals surface area (Å²) in [6, 6.07) is 9.71. The SMILES string of the molecule is Cc1cccc(C(C)C)c1NC(=O)COC(=O)c1cc(Br)ccc1F. The predicted octanol–water partition coefficient (Wildman–Crippen LogP) is 4.82. The first-order valence-corrected chi connectivity index (χ1v) is 8.60. The Labute approximate surface area is 154 Å². The first-order valence-electron chi connectivity index (χ1n) is 7.81. The van der Waals surface area contributed by atoms with Crippen LogP contribution in [0.25, 0.3) is 0 Å². The smallest absolute Gasteiger partial charge is 0.341 e. The first kappa shape index (κ1) is 19.1. The lowest BCUT2D eigenvalue weighted by molar-refractivity contribution is -0.119. The molecule has 132 valence electrons. The largest absolute Gasteiger partial charge is 0.452 e. The Hall–Kier alpha value is -2.21. The van der Waals surface area contributed by atoms with Gasteiger partial charge in [0, 0.05) is 10.2 Å². The first-order chi connectivity index (χ1) is 11.8. The molecule has 1 amide bonds. The molecule has 0 aliphatic heterocycles. The van der Waals surface area contributed by atoms with Crippen LogP contribution in [0.4, 0.5) is 10.1 Å². The van der Waals surface area contributed by atoms with Gasteiger partial charge in [0.25, 0.3) is 5.91 Å². The zero-order valence-electron chi connectivity index (χ0n) is 14.2. The summed E-state index contributed by atoms with van der Waals surface area (Å²) < 4.78 is 19.1. The summed E-state index contributed by atoms with van der Waals surface area (Å²) in [5.41, 5.74) is 2.41. The number of amides is 1. The van der Waals surface area contributed by atoms with E-state index in [1.54, 1.807) is 0 Å². The van der Waals surface area contributed by atoms with Crippen LogP contribution in [-0.4, -0.2) is 18.5 Å². The van der Waals surface area contributed by atoms with Crippen LogP contribution in [0.5, 0.6) is 0 Å². The standard InChI is InChI=1S/C19H19BrFNO3/c1-11(2)14-6-4-5-12(3)18(14)22-17(23)10-25-19(24)15-9-13(20)7-8-16(15)21/h4-9,11H,10H2,1-3H3,(H,22,23). The maximum atomic E-state index is 13.7. The van der Waals surface area contributed by atoms with Gasteiger partial charge >= 0.3 is 5.97 Å². The normalized spacial score (nSPS) is 10.6. The highest BCUT2D eigenvalue weighted by atomic mass is 79.9. The number of hydrogen-bond acceptors (Lipinski definition) is 3. The van der Waals surface area contributed by atoms with Gasteiger partial charge < -0.3 is 10.1 Å². The summed E-state index contributed by atoms with van der Waals surface area (Å²) >= 11 is 3.16. The lowest BCUT2D eigenvalue weighted by Crippen LogP contribution is -2.22. The Morgan fingerprint density at radius 1 is 1.24 bits per heavy atom.